The predicted molar refractivity (Wildman–Crippen MR) is 81.6 cm³/mol. The molecule has 5 nitrogen and oxygen atoms in total. The maximum absolute atomic E-state index is 13.8. The number of primary sulfonamides is 1. The van der Waals surface area contributed by atoms with Gasteiger partial charge in [-0.15, -0.1) is 0 Å². The van der Waals surface area contributed by atoms with E-state index in [0.29, 0.717) is 5.69 Å². The monoisotopic (exact) mass is 322 g/mol. The Morgan fingerprint density at radius 3 is 2.41 bits per heavy atom. The van der Waals surface area contributed by atoms with Crippen LogP contribution in [0, 0.1) is 19.7 Å². The third-order valence-corrected chi connectivity index (χ3v) is 4.05. The van der Waals surface area contributed by atoms with Gasteiger partial charge in [-0.1, -0.05) is 17.7 Å². The van der Waals surface area contributed by atoms with Gasteiger partial charge in [-0.05, 0) is 43.7 Å². The molecule has 0 aliphatic heterocycles. The quantitative estimate of drug-likeness (QED) is 0.909. The molecule has 2 aromatic rings. The van der Waals surface area contributed by atoms with E-state index in [1.807, 2.05) is 13.0 Å². The highest BCUT2D eigenvalue weighted by atomic mass is 32.2. The van der Waals surface area contributed by atoms with Crippen LogP contribution in [0.25, 0.3) is 0 Å². The Kier molecular flexibility index (Phi) is 4.30. The van der Waals surface area contributed by atoms with Gasteiger partial charge in [0.25, 0.3) is 5.91 Å². The third-order valence-electron chi connectivity index (χ3n) is 3.14. The van der Waals surface area contributed by atoms with E-state index in [9.17, 15) is 17.6 Å². The Morgan fingerprint density at radius 2 is 1.82 bits per heavy atom. The molecule has 2 rings (SSSR count). The van der Waals surface area contributed by atoms with Crippen LogP contribution in [-0.4, -0.2) is 14.3 Å². The van der Waals surface area contributed by atoms with Crippen LogP contribution in [0.5, 0.6) is 0 Å². The van der Waals surface area contributed by atoms with Gasteiger partial charge in [-0.25, -0.2) is 17.9 Å². The van der Waals surface area contributed by atoms with E-state index in [0.717, 1.165) is 29.3 Å². The van der Waals surface area contributed by atoms with Crippen molar-refractivity contribution >= 4 is 21.6 Å². The number of amides is 1. The molecule has 116 valence electrons. The first-order valence-electron chi connectivity index (χ1n) is 6.39. The van der Waals surface area contributed by atoms with Crippen LogP contribution in [0.4, 0.5) is 10.1 Å². The summed E-state index contributed by atoms with van der Waals surface area (Å²) in [5.74, 6) is -1.57. The molecule has 0 aromatic heterocycles. The van der Waals surface area contributed by atoms with Crippen molar-refractivity contribution in [1.29, 1.82) is 0 Å². The van der Waals surface area contributed by atoms with Crippen molar-refractivity contribution in [2.24, 2.45) is 5.14 Å². The van der Waals surface area contributed by atoms with E-state index < -0.39 is 21.7 Å². The van der Waals surface area contributed by atoms with E-state index in [4.69, 9.17) is 5.14 Å². The zero-order chi connectivity index (χ0) is 16.5. The van der Waals surface area contributed by atoms with Gasteiger partial charge in [0.15, 0.2) is 0 Å². The number of hydrogen-bond acceptors (Lipinski definition) is 3. The molecule has 0 saturated carbocycles. The molecule has 0 saturated heterocycles. The zero-order valence-corrected chi connectivity index (χ0v) is 12.9. The molecule has 0 aliphatic carbocycles. The van der Waals surface area contributed by atoms with Crippen molar-refractivity contribution in [2.75, 3.05) is 5.32 Å². The first-order valence-corrected chi connectivity index (χ1v) is 7.94. The number of benzene rings is 2. The topological polar surface area (TPSA) is 89.3 Å². The fraction of sp³-hybridized carbons (Fsp3) is 0.133. The number of nitrogens with two attached hydrogens (primary N) is 1. The lowest BCUT2D eigenvalue weighted by Gasteiger charge is -2.10. The standard InChI is InChI=1S/C15H15FN2O3S/c1-9-3-6-14(10(2)7-9)18-15(19)12-8-11(22(17,20)21)4-5-13(12)16/h3-8H,1-2H3,(H,18,19)(H2,17,20,21). The molecule has 7 heteroatoms. The molecule has 2 aromatic carbocycles. The normalized spacial score (nSPS) is 11.3. The summed E-state index contributed by atoms with van der Waals surface area (Å²) >= 11 is 0. The molecular formula is C15H15FN2O3S. The van der Waals surface area contributed by atoms with Crippen LogP contribution in [0.3, 0.4) is 0 Å². The van der Waals surface area contributed by atoms with Crippen LogP contribution in [0.15, 0.2) is 41.3 Å². The highest BCUT2D eigenvalue weighted by Crippen LogP contribution is 2.19. The van der Waals surface area contributed by atoms with Crippen LogP contribution < -0.4 is 10.5 Å². The molecule has 0 aliphatic rings. The summed E-state index contributed by atoms with van der Waals surface area (Å²) in [6.45, 7) is 3.72. The minimum Gasteiger partial charge on any atom is -0.322 e. The van der Waals surface area contributed by atoms with Crippen LogP contribution in [0.2, 0.25) is 0 Å². The van der Waals surface area contributed by atoms with Crippen molar-refractivity contribution in [3.05, 3.63) is 58.9 Å². The SMILES string of the molecule is Cc1ccc(NC(=O)c2cc(S(N)(=O)=O)ccc2F)c(C)c1. The highest BCUT2D eigenvalue weighted by Gasteiger charge is 2.17. The van der Waals surface area contributed by atoms with Gasteiger partial charge in [0.1, 0.15) is 5.82 Å². The lowest BCUT2D eigenvalue weighted by Crippen LogP contribution is -2.17. The molecular weight excluding hydrogens is 307 g/mol. The Bertz CT molecular complexity index is 848. The first-order chi connectivity index (χ1) is 10.2. The maximum Gasteiger partial charge on any atom is 0.258 e. The number of nitrogens with one attached hydrogen (secondary N) is 1. The number of carbonyl (C=O) groups excluding carboxylic acids is 1. The minimum absolute atomic E-state index is 0.320. The summed E-state index contributed by atoms with van der Waals surface area (Å²) in [6, 6.07) is 8.20. The van der Waals surface area contributed by atoms with E-state index in [2.05, 4.69) is 5.32 Å². The van der Waals surface area contributed by atoms with E-state index >= 15 is 0 Å². The van der Waals surface area contributed by atoms with Gasteiger partial charge in [-0.3, -0.25) is 4.79 Å². The third kappa shape index (κ3) is 3.49. The van der Waals surface area contributed by atoms with Crippen molar-refractivity contribution in [2.45, 2.75) is 18.7 Å². The van der Waals surface area contributed by atoms with Crippen molar-refractivity contribution in [1.82, 2.24) is 0 Å². The molecule has 0 fully saturated rings. The summed E-state index contributed by atoms with van der Waals surface area (Å²) in [5.41, 5.74) is 1.98. The molecule has 0 unspecified atom stereocenters. The zero-order valence-electron chi connectivity index (χ0n) is 12.1. The number of sulfonamides is 1. The molecule has 22 heavy (non-hydrogen) atoms. The van der Waals surface area contributed by atoms with Crippen molar-refractivity contribution in [3.8, 4) is 0 Å². The van der Waals surface area contributed by atoms with Crippen LogP contribution >= 0.6 is 0 Å². The molecule has 0 spiro atoms. The van der Waals surface area contributed by atoms with Gasteiger partial charge in [0.05, 0.1) is 10.5 Å². The lowest BCUT2D eigenvalue weighted by atomic mass is 10.1. The maximum atomic E-state index is 13.8. The summed E-state index contributed by atoms with van der Waals surface area (Å²) in [6.07, 6.45) is 0. The lowest BCUT2D eigenvalue weighted by molar-refractivity contribution is 0.102. The molecule has 0 bridgehead atoms. The van der Waals surface area contributed by atoms with E-state index in [1.165, 1.54) is 0 Å². The number of anilines is 1. The van der Waals surface area contributed by atoms with Crippen molar-refractivity contribution in [3.63, 3.8) is 0 Å². The van der Waals surface area contributed by atoms with E-state index in [1.54, 1.807) is 19.1 Å². The Hall–Kier alpha value is -2.25. The van der Waals surface area contributed by atoms with Crippen LogP contribution in [0.1, 0.15) is 21.5 Å². The second kappa shape index (κ2) is 5.86. The predicted octanol–water partition coefficient (Wildman–Crippen LogP) is 2.34. The largest absolute Gasteiger partial charge is 0.322 e. The number of rotatable bonds is 3. The fourth-order valence-electron chi connectivity index (χ4n) is 2.00. The molecule has 0 radical (unpaired) electrons. The molecule has 1 amide bonds. The Balaban J connectivity index is 2.37. The van der Waals surface area contributed by atoms with E-state index in [-0.39, 0.29) is 10.5 Å². The van der Waals surface area contributed by atoms with Crippen molar-refractivity contribution < 1.29 is 17.6 Å². The Labute approximate surface area is 128 Å². The number of aryl methyl sites for hydroxylation is 2. The van der Waals surface area contributed by atoms with Crippen LogP contribution in [-0.2, 0) is 10.0 Å². The number of hydrogen-bond donors (Lipinski definition) is 2. The number of carbonyl (C=O) groups is 1. The highest BCUT2D eigenvalue weighted by molar-refractivity contribution is 7.89. The summed E-state index contributed by atoms with van der Waals surface area (Å²) in [5, 5.41) is 7.55. The second-order valence-electron chi connectivity index (χ2n) is 4.96. The summed E-state index contributed by atoms with van der Waals surface area (Å²) in [7, 11) is -4.01. The van der Waals surface area contributed by atoms with Gasteiger partial charge in [-0.2, -0.15) is 0 Å². The van der Waals surface area contributed by atoms with Gasteiger partial charge in [0.2, 0.25) is 10.0 Å². The summed E-state index contributed by atoms with van der Waals surface area (Å²) in [4.78, 5) is 11.8. The molecule has 0 atom stereocenters. The molecule has 3 N–H and O–H groups in total. The second-order valence-corrected chi connectivity index (χ2v) is 6.52. The number of halogens is 1. The minimum atomic E-state index is -4.01. The smallest absolute Gasteiger partial charge is 0.258 e. The van der Waals surface area contributed by atoms with Gasteiger partial charge < -0.3 is 5.32 Å². The molecule has 0 heterocycles. The summed E-state index contributed by atoms with van der Waals surface area (Å²) < 4.78 is 36.4. The first kappa shape index (κ1) is 16.1. The average Bonchev–Trinajstić information content (AvgIpc) is 2.41. The van der Waals surface area contributed by atoms with Gasteiger partial charge in [0, 0.05) is 5.69 Å². The fourth-order valence-corrected chi connectivity index (χ4v) is 2.54. The van der Waals surface area contributed by atoms with Gasteiger partial charge >= 0.3 is 0 Å². The Morgan fingerprint density at radius 1 is 1.14 bits per heavy atom. The average molecular weight is 322 g/mol.